The summed E-state index contributed by atoms with van der Waals surface area (Å²) < 4.78 is 10.7. The zero-order chi connectivity index (χ0) is 15.9. The lowest BCUT2D eigenvalue weighted by Gasteiger charge is -2.13. The zero-order valence-corrected chi connectivity index (χ0v) is 14.7. The van der Waals surface area contributed by atoms with Gasteiger partial charge in [-0.05, 0) is 30.7 Å². The van der Waals surface area contributed by atoms with Gasteiger partial charge < -0.3 is 9.47 Å². The fraction of sp³-hybridized carbons (Fsp3) is 0.500. The highest BCUT2D eigenvalue weighted by molar-refractivity contribution is 7.14. The van der Waals surface area contributed by atoms with Crippen molar-refractivity contribution in [1.29, 1.82) is 0 Å². The second kappa shape index (κ2) is 8.41. The van der Waals surface area contributed by atoms with E-state index in [0.29, 0.717) is 12.5 Å². The first-order valence-corrected chi connectivity index (χ1v) is 9.13. The molecule has 2 heterocycles. The highest BCUT2D eigenvalue weighted by atomic mass is 32.1. The normalized spacial score (nSPS) is 12.5. The molecule has 2 aromatic heterocycles. The van der Waals surface area contributed by atoms with E-state index < -0.39 is 6.10 Å². The van der Waals surface area contributed by atoms with Crippen LogP contribution in [0.1, 0.15) is 32.9 Å². The molecule has 0 aliphatic heterocycles. The van der Waals surface area contributed by atoms with Crippen LogP contribution in [0.4, 0.5) is 0 Å². The number of aromatic nitrogens is 1. The van der Waals surface area contributed by atoms with E-state index in [9.17, 15) is 4.79 Å². The first-order chi connectivity index (χ1) is 10.6. The number of carbonyl (C=O) groups is 1. The summed E-state index contributed by atoms with van der Waals surface area (Å²) in [5.74, 6) is 0.225. The number of ether oxygens (including phenoxy) is 2. The molecule has 2 rings (SSSR count). The second-order valence-corrected chi connectivity index (χ2v) is 7.10. The number of thiazole rings is 1. The summed E-state index contributed by atoms with van der Waals surface area (Å²) in [4.78, 5) is 16.3. The number of hydrogen-bond donors (Lipinski definition) is 0. The largest absolute Gasteiger partial charge is 0.457 e. The van der Waals surface area contributed by atoms with Crippen molar-refractivity contribution in [3.63, 3.8) is 0 Å². The molecule has 22 heavy (non-hydrogen) atoms. The van der Waals surface area contributed by atoms with Crippen LogP contribution in [0.5, 0.6) is 0 Å². The van der Waals surface area contributed by atoms with Crippen LogP contribution in [-0.4, -0.2) is 23.7 Å². The van der Waals surface area contributed by atoms with Crippen LogP contribution >= 0.6 is 22.7 Å². The molecular weight excluding hydrogens is 318 g/mol. The fourth-order valence-corrected chi connectivity index (χ4v) is 3.22. The minimum Gasteiger partial charge on any atom is -0.457 e. The number of esters is 1. The van der Waals surface area contributed by atoms with Crippen molar-refractivity contribution < 1.29 is 14.3 Å². The van der Waals surface area contributed by atoms with Crippen molar-refractivity contribution >= 4 is 28.6 Å². The van der Waals surface area contributed by atoms with Crippen LogP contribution in [-0.2, 0) is 20.9 Å². The summed E-state index contributed by atoms with van der Waals surface area (Å²) in [6, 6.07) is 2.03. The quantitative estimate of drug-likeness (QED) is 0.670. The average Bonchev–Trinajstić information content (AvgIpc) is 3.14. The van der Waals surface area contributed by atoms with Crippen LogP contribution in [0.3, 0.4) is 0 Å². The predicted molar refractivity (Wildman–Crippen MR) is 90.1 cm³/mol. The van der Waals surface area contributed by atoms with Gasteiger partial charge in [0, 0.05) is 22.9 Å². The van der Waals surface area contributed by atoms with Crippen molar-refractivity contribution in [1.82, 2.24) is 4.98 Å². The Morgan fingerprint density at radius 2 is 2.14 bits per heavy atom. The molecule has 0 radical (unpaired) electrons. The lowest BCUT2D eigenvalue weighted by Crippen LogP contribution is -2.24. The Bertz CT molecular complexity index is 578. The molecule has 0 aromatic carbocycles. The molecular formula is C16H21NO3S2. The van der Waals surface area contributed by atoms with Gasteiger partial charge in [0.15, 0.2) is 6.10 Å². The smallest absolute Gasteiger partial charge is 0.335 e. The third-order valence-corrected chi connectivity index (χ3v) is 4.70. The third-order valence-electron chi connectivity index (χ3n) is 3.08. The molecule has 0 saturated carbocycles. The summed E-state index contributed by atoms with van der Waals surface area (Å²) in [5, 5.41) is 6.95. The molecule has 6 heteroatoms. The molecule has 0 aliphatic rings. The van der Waals surface area contributed by atoms with E-state index in [0.717, 1.165) is 22.7 Å². The van der Waals surface area contributed by atoms with Gasteiger partial charge in [-0.25, -0.2) is 9.78 Å². The van der Waals surface area contributed by atoms with Crippen molar-refractivity contribution in [3.8, 4) is 10.6 Å². The summed E-state index contributed by atoms with van der Waals surface area (Å²) in [7, 11) is 0. The fourth-order valence-electron chi connectivity index (χ4n) is 1.70. The molecule has 0 amide bonds. The van der Waals surface area contributed by atoms with Crippen molar-refractivity contribution in [3.05, 3.63) is 27.9 Å². The van der Waals surface area contributed by atoms with Gasteiger partial charge >= 0.3 is 5.97 Å². The van der Waals surface area contributed by atoms with E-state index >= 15 is 0 Å². The van der Waals surface area contributed by atoms with Crippen molar-refractivity contribution in [2.24, 2.45) is 5.92 Å². The van der Waals surface area contributed by atoms with E-state index in [2.05, 4.69) is 24.2 Å². The standard InChI is InChI=1S/C16H21NO3S2/c1-11(2)4-6-19-12(3)16(18)20-8-14-10-22-15(17-14)13-5-7-21-9-13/h5,7,9-12H,4,6,8H2,1-3H3. The number of hydrogen-bond acceptors (Lipinski definition) is 6. The summed E-state index contributed by atoms with van der Waals surface area (Å²) in [5.41, 5.74) is 1.88. The number of carbonyl (C=O) groups excluding carboxylic acids is 1. The summed E-state index contributed by atoms with van der Waals surface area (Å²) in [6.07, 6.45) is 0.405. The maximum absolute atomic E-state index is 11.9. The zero-order valence-electron chi connectivity index (χ0n) is 13.1. The Kier molecular flexibility index (Phi) is 6.54. The lowest BCUT2D eigenvalue weighted by atomic mass is 10.1. The van der Waals surface area contributed by atoms with Crippen LogP contribution in [0, 0.1) is 5.92 Å². The predicted octanol–water partition coefficient (Wildman–Crippen LogP) is 4.37. The van der Waals surface area contributed by atoms with E-state index in [1.807, 2.05) is 16.8 Å². The van der Waals surface area contributed by atoms with Crippen LogP contribution in [0.25, 0.3) is 10.6 Å². The highest BCUT2D eigenvalue weighted by Crippen LogP contribution is 2.25. The Balaban J connectivity index is 1.76. The number of rotatable bonds is 8. The minimum absolute atomic E-state index is 0.192. The van der Waals surface area contributed by atoms with Crippen molar-refractivity contribution in [2.75, 3.05) is 6.61 Å². The summed E-state index contributed by atoms with van der Waals surface area (Å²) >= 11 is 3.20. The maximum Gasteiger partial charge on any atom is 0.335 e. The molecule has 1 unspecified atom stereocenters. The number of thiophene rings is 1. The van der Waals surface area contributed by atoms with E-state index in [4.69, 9.17) is 9.47 Å². The van der Waals surface area contributed by atoms with Crippen molar-refractivity contribution in [2.45, 2.75) is 39.9 Å². The first-order valence-electron chi connectivity index (χ1n) is 7.31. The Labute approximate surface area is 139 Å². The first kappa shape index (κ1) is 17.1. The van der Waals surface area contributed by atoms with Gasteiger partial charge in [0.1, 0.15) is 11.6 Å². The molecule has 0 N–H and O–H groups in total. The molecule has 0 saturated heterocycles. The van der Waals surface area contributed by atoms with Crippen LogP contribution in [0.15, 0.2) is 22.2 Å². The molecule has 1 atom stereocenters. The second-order valence-electron chi connectivity index (χ2n) is 5.46. The van der Waals surface area contributed by atoms with Gasteiger partial charge in [0.2, 0.25) is 0 Å². The highest BCUT2D eigenvalue weighted by Gasteiger charge is 2.16. The topological polar surface area (TPSA) is 48.4 Å². The van der Waals surface area contributed by atoms with E-state index in [1.165, 1.54) is 0 Å². The Hall–Kier alpha value is -1.24. The molecule has 120 valence electrons. The molecule has 0 bridgehead atoms. The van der Waals surface area contributed by atoms with Gasteiger partial charge in [-0.2, -0.15) is 11.3 Å². The van der Waals surface area contributed by atoms with Gasteiger partial charge in [0.25, 0.3) is 0 Å². The Morgan fingerprint density at radius 1 is 1.32 bits per heavy atom. The molecule has 0 aliphatic carbocycles. The maximum atomic E-state index is 11.9. The third kappa shape index (κ3) is 5.19. The van der Waals surface area contributed by atoms with Gasteiger partial charge in [-0.3, -0.25) is 0 Å². The average molecular weight is 339 g/mol. The molecule has 0 spiro atoms. The van der Waals surface area contributed by atoms with Crippen LogP contribution < -0.4 is 0 Å². The van der Waals surface area contributed by atoms with E-state index in [-0.39, 0.29) is 12.6 Å². The summed E-state index contributed by atoms with van der Waals surface area (Å²) in [6.45, 7) is 6.74. The van der Waals surface area contributed by atoms with Gasteiger partial charge in [-0.15, -0.1) is 11.3 Å². The lowest BCUT2D eigenvalue weighted by molar-refractivity contribution is -0.157. The number of nitrogens with zero attached hydrogens (tertiary/aromatic N) is 1. The molecule has 4 nitrogen and oxygen atoms in total. The van der Waals surface area contributed by atoms with Crippen LogP contribution in [0.2, 0.25) is 0 Å². The molecule has 0 fully saturated rings. The monoisotopic (exact) mass is 339 g/mol. The van der Waals surface area contributed by atoms with Gasteiger partial charge in [0.05, 0.1) is 5.69 Å². The Morgan fingerprint density at radius 3 is 2.82 bits per heavy atom. The minimum atomic E-state index is -0.534. The SMILES string of the molecule is CC(C)CCOC(C)C(=O)OCc1csc(-c2ccsc2)n1. The van der Waals surface area contributed by atoms with E-state index in [1.54, 1.807) is 29.6 Å². The molecule has 2 aromatic rings. The van der Waals surface area contributed by atoms with Gasteiger partial charge in [-0.1, -0.05) is 13.8 Å².